The van der Waals surface area contributed by atoms with Gasteiger partial charge < -0.3 is 0 Å². The molecule has 0 saturated heterocycles. The summed E-state index contributed by atoms with van der Waals surface area (Å²) in [5, 5.41) is 11.5. The molecule has 0 aromatic carbocycles. The summed E-state index contributed by atoms with van der Waals surface area (Å²) in [5.74, 6) is 0.826. The Morgan fingerprint density at radius 1 is 1.67 bits per heavy atom. The summed E-state index contributed by atoms with van der Waals surface area (Å²) < 4.78 is 1.45. The fraction of sp³-hybridized carbons (Fsp3) is 0.750. The van der Waals surface area contributed by atoms with Crippen LogP contribution in [0.4, 0.5) is 0 Å². The number of hydrogen-bond acceptors (Lipinski definition) is 3. The summed E-state index contributed by atoms with van der Waals surface area (Å²) in [5.41, 5.74) is 0. The van der Waals surface area contributed by atoms with Crippen molar-refractivity contribution in [2.75, 3.05) is 0 Å². The summed E-state index contributed by atoms with van der Waals surface area (Å²) >= 11 is 1.97. The normalized spacial score (nSPS) is 10.0. The molecule has 4 nitrogen and oxygen atoms in total. The average molecular weight is 238 g/mol. The smallest absolute Gasteiger partial charge is 0.127 e. The molecule has 0 aliphatic rings. The highest BCUT2D eigenvalue weighted by Crippen LogP contribution is 1.93. The second-order valence-corrected chi connectivity index (χ2v) is 2.56. The molecule has 0 aliphatic carbocycles. The van der Waals surface area contributed by atoms with Gasteiger partial charge in [0, 0.05) is 6.42 Å². The highest BCUT2D eigenvalue weighted by Gasteiger charge is 1.96. The molecule has 1 heterocycles. The van der Waals surface area contributed by atoms with Crippen LogP contribution in [0.5, 0.6) is 0 Å². The van der Waals surface area contributed by atoms with Crippen molar-refractivity contribution in [1.82, 2.24) is 18.4 Å². The molecule has 5 heteroatoms. The SMILES string of the molecule is CCCc1nnn(I)n1. The minimum Gasteiger partial charge on any atom is -0.127 e. The van der Waals surface area contributed by atoms with Gasteiger partial charge in [0.1, 0.15) is 22.9 Å². The zero-order chi connectivity index (χ0) is 6.69. The standard InChI is InChI=1S/C4H7IN4/c1-2-3-4-6-8-9(5)7-4/h2-3H2,1H3. The molecule has 0 amide bonds. The van der Waals surface area contributed by atoms with Gasteiger partial charge in [0.05, 0.1) is 0 Å². The first-order chi connectivity index (χ1) is 4.33. The Hall–Kier alpha value is -0.200. The molecule has 0 fully saturated rings. The topological polar surface area (TPSA) is 43.6 Å². The molecule has 9 heavy (non-hydrogen) atoms. The summed E-state index contributed by atoms with van der Waals surface area (Å²) in [7, 11) is 0. The first-order valence-electron chi connectivity index (χ1n) is 2.78. The van der Waals surface area contributed by atoms with E-state index in [-0.39, 0.29) is 0 Å². The van der Waals surface area contributed by atoms with Crippen molar-refractivity contribution in [3.63, 3.8) is 0 Å². The first kappa shape index (κ1) is 6.91. The second-order valence-electron chi connectivity index (χ2n) is 1.70. The Bertz CT molecular complexity index is 184. The van der Waals surface area contributed by atoms with Gasteiger partial charge in [-0.15, -0.1) is 13.2 Å². The van der Waals surface area contributed by atoms with Crippen LogP contribution in [0, 0.1) is 0 Å². The van der Waals surface area contributed by atoms with Crippen molar-refractivity contribution in [2.45, 2.75) is 19.8 Å². The molecule has 1 rings (SSSR count). The van der Waals surface area contributed by atoms with Crippen LogP contribution < -0.4 is 0 Å². The second kappa shape index (κ2) is 3.09. The maximum Gasteiger partial charge on any atom is 0.175 e. The number of nitrogens with zero attached hydrogens (tertiary/aromatic N) is 4. The van der Waals surface area contributed by atoms with E-state index in [0.29, 0.717) is 0 Å². The number of rotatable bonds is 2. The number of halogens is 1. The van der Waals surface area contributed by atoms with Crippen molar-refractivity contribution in [3.8, 4) is 0 Å². The van der Waals surface area contributed by atoms with E-state index in [1.165, 1.54) is 3.01 Å². The lowest BCUT2D eigenvalue weighted by Gasteiger charge is -1.81. The summed E-state index contributed by atoms with van der Waals surface area (Å²) in [6.07, 6.45) is 1.99. The molecule has 0 aliphatic heterocycles. The van der Waals surface area contributed by atoms with Crippen LogP contribution in [-0.4, -0.2) is 18.4 Å². The predicted molar refractivity (Wildman–Crippen MR) is 41.2 cm³/mol. The van der Waals surface area contributed by atoms with E-state index in [1.807, 2.05) is 22.9 Å². The van der Waals surface area contributed by atoms with E-state index in [1.54, 1.807) is 0 Å². The Kier molecular flexibility index (Phi) is 2.38. The van der Waals surface area contributed by atoms with Gasteiger partial charge in [-0.3, -0.25) is 0 Å². The lowest BCUT2D eigenvalue weighted by atomic mass is 10.3. The molecule has 50 valence electrons. The molecule has 0 radical (unpaired) electrons. The Balaban J connectivity index is 2.61. The maximum absolute atomic E-state index is 3.98. The van der Waals surface area contributed by atoms with Crippen LogP contribution >= 0.6 is 22.9 Å². The van der Waals surface area contributed by atoms with Crippen LogP contribution in [-0.2, 0) is 6.42 Å². The molecule has 0 spiro atoms. The zero-order valence-electron chi connectivity index (χ0n) is 5.08. The van der Waals surface area contributed by atoms with Gasteiger partial charge in [-0.05, 0) is 11.6 Å². The van der Waals surface area contributed by atoms with E-state index in [4.69, 9.17) is 0 Å². The van der Waals surface area contributed by atoms with E-state index < -0.39 is 0 Å². The minimum atomic E-state index is 0.826. The van der Waals surface area contributed by atoms with Gasteiger partial charge in [-0.2, -0.15) is 0 Å². The van der Waals surface area contributed by atoms with Crippen molar-refractivity contribution in [2.24, 2.45) is 0 Å². The van der Waals surface area contributed by atoms with E-state index in [9.17, 15) is 0 Å². The van der Waals surface area contributed by atoms with Gasteiger partial charge in [0.15, 0.2) is 5.82 Å². The third kappa shape index (κ3) is 1.88. The van der Waals surface area contributed by atoms with E-state index >= 15 is 0 Å². The summed E-state index contributed by atoms with van der Waals surface area (Å²) in [4.78, 5) is 0. The third-order valence-corrected chi connectivity index (χ3v) is 1.31. The molecule has 0 atom stereocenters. The lowest BCUT2D eigenvalue weighted by molar-refractivity contribution is 0.837. The quantitative estimate of drug-likeness (QED) is 0.716. The van der Waals surface area contributed by atoms with Crippen LogP contribution in [0.2, 0.25) is 0 Å². The molecule has 1 aromatic heterocycles. The van der Waals surface area contributed by atoms with Gasteiger partial charge in [0.2, 0.25) is 0 Å². The maximum atomic E-state index is 3.98. The van der Waals surface area contributed by atoms with Crippen LogP contribution in [0.1, 0.15) is 19.2 Å². The van der Waals surface area contributed by atoms with Crippen molar-refractivity contribution in [3.05, 3.63) is 5.82 Å². The summed E-state index contributed by atoms with van der Waals surface area (Å²) in [6, 6.07) is 0. The molecule has 0 N–H and O–H groups in total. The summed E-state index contributed by atoms with van der Waals surface area (Å²) in [6.45, 7) is 2.09. The van der Waals surface area contributed by atoms with Crippen molar-refractivity contribution in [1.29, 1.82) is 0 Å². The number of tetrazole rings is 1. The van der Waals surface area contributed by atoms with E-state index in [2.05, 4.69) is 22.3 Å². The predicted octanol–water partition coefficient (Wildman–Crippen LogP) is 0.824. The molecular formula is C4H7IN4. The van der Waals surface area contributed by atoms with E-state index in [0.717, 1.165) is 18.7 Å². The Morgan fingerprint density at radius 2 is 2.44 bits per heavy atom. The largest absolute Gasteiger partial charge is 0.175 e. The molecule has 1 aromatic rings. The fourth-order valence-corrected chi connectivity index (χ4v) is 0.893. The number of aryl methyl sites for hydroxylation is 1. The molecule has 0 bridgehead atoms. The monoisotopic (exact) mass is 238 g/mol. The van der Waals surface area contributed by atoms with Crippen LogP contribution in [0.15, 0.2) is 0 Å². The zero-order valence-corrected chi connectivity index (χ0v) is 7.24. The lowest BCUT2D eigenvalue weighted by Crippen LogP contribution is -1.86. The van der Waals surface area contributed by atoms with Crippen molar-refractivity contribution < 1.29 is 0 Å². The third-order valence-electron chi connectivity index (χ3n) is 0.906. The number of hydrogen-bond donors (Lipinski definition) is 0. The molecular weight excluding hydrogens is 231 g/mol. The Morgan fingerprint density at radius 3 is 2.89 bits per heavy atom. The highest BCUT2D eigenvalue weighted by molar-refractivity contribution is 14.1. The van der Waals surface area contributed by atoms with Crippen LogP contribution in [0.3, 0.4) is 0 Å². The highest BCUT2D eigenvalue weighted by atomic mass is 127. The molecule has 0 saturated carbocycles. The Labute approximate surface area is 67.1 Å². The number of aromatic nitrogens is 4. The van der Waals surface area contributed by atoms with Crippen LogP contribution in [0.25, 0.3) is 0 Å². The first-order valence-corrected chi connectivity index (χ1v) is 3.74. The molecule has 0 unspecified atom stereocenters. The van der Waals surface area contributed by atoms with Crippen molar-refractivity contribution >= 4 is 22.9 Å². The fourth-order valence-electron chi connectivity index (χ4n) is 0.547. The van der Waals surface area contributed by atoms with Gasteiger partial charge >= 0.3 is 0 Å². The van der Waals surface area contributed by atoms with Gasteiger partial charge in [-0.25, -0.2) is 0 Å². The van der Waals surface area contributed by atoms with Gasteiger partial charge in [-0.1, -0.05) is 6.92 Å². The average Bonchev–Trinajstić information content (AvgIpc) is 2.17. The van der Waals surface area contributed by atoms with Gasteiger partial charge in [0.25, 0.3) is 0 Å². The minimum absolute atomic E-state index is 0.826.